The molecule has 6 nitrogen and oxygen atoms in total. The van der Waals surface area contributed by atoms with Gasteiger partial charge < -0.3 is 20.1 Å². The van der Waals surface area contributed by atoms with Crippen molar-refractivity contribution in [3.8, 4) is 11.5 Å². The molecule has 1 aromatic rings. The van der Waals surface area contributed by atoms with Gasteiger partial charge in [-0.1, -0.05) is 58.2 Å². The maximum absolute atomic E-state index is 11.7. The molecule has 0 saturated carbocycles. The van der Waals surface area contributed by atoms with Gasteiger partial charge in [-0.3, -0.25) is 9.59 Å². The highest BCUT2D eigenvalue weighted by atomic mass is 127. The smallest absolute Gasteiger partial charge is 0.231 e. The Labute approximate surface area is 163 Å². The molecule has 0 unspecified atom stereocenters. The van der Waals surface area contributed by atoms with Gasteiger partial charge in [-0.05, 0) is 24.1 Å². The number of benzene rings is 1. The van der Waals surface area contributed by atoms with Crippen LogP contribution >= 0.6 is 45.2 Å². The molecule has 0 bridgehead atoms. The molecule has 8 heteroatoms. The number of carbonyl (C=O) groups excluding carboxylic acids is 2. The lowest BCUT2D eigenvalue weighted by Crippen LogP contribution is -2.41. The molecule has 0 heterocycles. The van der Waals surface area contributed by atoms with E-state index in [1.54, 1.807) is 25.3 Å². The van der Waals surface area contributed by atoms with Gasteiger partial charge in [0.25, 0.3) is 0 Å². The fraction of sp³-hybridized carbons (Fsp3) is 0.467. The highest BCUT2D eigenvalue weighted by Crippen LogP contribution is 2.30. The minimum atomic E-state index is -0.603. The Morgan fingerprint density at radius 1 is 1.13 bits per heavy atom. The van der Waals surface area contributed by atoms with E-state index in [9.17, 15) is 9.59 Å². The number of ether oxygens (including phenoxy) is 2. The first-order valence-corrected chi connectivity index (χ1v) is 10.1. The van der Waals surface area contributed by atoms with Crippen molar-refractivity contribution in [1.29, 1.82) is 0 Å². The summed E-state index contributed by atoms with van der Waals surface area (Å²) >= 11 is 3.95. The van der Waals surface area contributed by atoms with Crippen molar-refractivity contribution in [1.82, 2.24) is 10.6 Å². The summed E-state index contributed by atoms with van der Waals surface area (Å²) in [5.74, 6) is 0.884. The number of methoxy groups -OCH3 is 1. The minimum Gasteiger partial charge on any atom is -0.493 e. The number of nitrogens with one attached hydrogen (secondary N) is 2. The molecule has 0 aromatic heterocycles. The second kappa shape index (κ2) is 10.9. The molecule has 1 rings (SSSR count). The number of hydrogen-bond donors (Lipinski definition) is 2. The third kappa shape index (κ3) is 6.69. The predicted molar refractivity (Wildman–Crippen MR) is 106 cm³/mol. The van der Waals surface area contributed by atoms with Gasteiger partial charge in [-0.15, -0.1) is 0 Å². The molecule has 0 aliphatic heterocycles. The summed E-state index contributed by atoms with van der Waals surface area (Å²) in [6.07, 6.45) is 0.291. The van der Waals surface area contributed by atoms with E-state index >= 15 is 0 Å². The van der Waals surface area contributed by atoms with Crippen molar-refractivity contribution < 1.29 is 19.1 Å². The standard InChI is InChI=1S/C15H20I2N2O4/c1-3-6-23-11-5-4-10(7-12(11)22-2)15(18-13(20)8-16)19-14(21)9-17/h4-5,7,15H,3,6,8-9H2,1-2H3,(H,18,20)(H,19,21). The SMILES string of the molecule is CCCOc1ccc(C(NC(=O)CI)NC(=O)CI)cc1OC. The molecule has 0 radical (unpaired) electrons. The Kier molecular flexibility index (Phi) is 9.60. The van der Waals surface area contributed by atoms with Gasteiger partial charge in [0.2, 0.25) is 11.8 Å². The molecule has 2 amide bonds. The largest absolute Gasteiger partial charge is 0.493 e. The van der Waals surface area contributed by atoms with Crippen LogP contribution in [0.2, 0.25) is 0 Å². The topological polar surface area (TPSA) is 76.7 Å². The number of alkyl halides is 2. The van der Waals surface area contributed by atoms with Gasteiger partial charge in [0.15, 0.2) is 11.5 Å². The van der Waals surface area contributed by atoms with Crippen LogP contribution in [-0.2, 0) is 9.59 Å². The lowest BCUT2D eigenvalue weighted by molar-refractivity contribution is -0.121. The summed E-state index contributed by atoms with van der Waals surface area (Å²) in [5.41, 5.74) is 0.724. The van der Waals surface area contributed by atoms with E-state index < -0.39 is 6.17 Å². The van der Waals surface area contributed by atoms with Crippen molar-refractivity contribution in [3.05, 3.63) is 23.8 Å². The zero-order valence-electron chi connectivity index (χ0n) is 13.0. The highest BCUT2D eigenvalue weighted by molar-refractivity contribution is 14.1. The van der Waals surface area contributed by atoms with E-state index in [-0.39, 0.29) is 11.8 Å². The van der Waals surface area contributed by atoms with Crippen LogP contribution < -0.4 is 20.1 Å². The summed E-state index contributed by atoms with van der Waals surface area (Å²) in [6, 6.07) is 5.35. The number of hydrogen-bond acceptors (Lipinski definition) is 4. The quantitative estimate of drug-likeness (QED) is 0.284. The van der Waals surface area contributed by atoms with Crippen molar-refractivity contribution in [3.63, 3.8) is 0 Å². The Morgan fingerprint density at radius 3 is 2.22 bits per heavy atom. The molecule has 0 aliphatic carbocycles. The van der Waals surface area contributed by atoms with Gasteiger partial charge in [0.1, 0.15) is 6.17 Å². The second-order valence-electron chi connectivity index (χ2n) is 4.59. The maximum Gasteiger partial charge on any atom is 0.231 e. The first kappa shape index (κ1) is 20.3. The molecular weight excluding hydrogens is 526 g/mol. The van der Waals surface area contributed by atoms with Crippen molar-refractivity contribution in [2.45, 2.75) is 19.5 Å². The van der Waals surface area contributed by atoms with E-state index in [1.165, 1.54) is 0 Å². The predicted octanol–water partition coefficient (Wildman–Crippen LogP) is 2.59. The van der Waals surface area contributed by atoms with Crippen LogP contribution in [-0.4, -0.2) is 34.4 Å². The Morgan fingerprint density at radius 2 is 1.74 bits per heavy atom. The van der Waals surface area contributed by atoms with Gasteiger partial charge >= 0.3 is 0 Å². The zero-order chi connectivity index (χ0) is 17.2. The van der Waals surface area contributed by atoms with Gasteiger partial charge in [0, 0.05) is 0 Å². The second-order valence-corrected chi connectivity index (χ2v) is 6.12. The first-order valence-electron chi connectivity index (χ1n) is 7.07. The van der Waals surface area contributed by atoms with Crippen LogP contribution in [0.15, 0.2) is 18.2 Å². The molecular formula is C15H20I2N2O4. The van der Waals surface area contributed by atoms with Crippen LogP contribution in [0.1, 0.15) is 25.1 Å². The van der Waals surface area contributed by atoms with Crippen LogP contribution in [0, 0.1) is 0 Å². The Bertz CT molecular complexity index is 522. The van der Waals surface area contributed by atoms with E-state index in [0.29, 0.717) is 27.0 Å². The highest BCUT2D eigenvalue weighted by Gasteiger charge is 2.18. The molecule has 0 fully saturated rings. The maximum atomic E-state index is 11.7. The van der Waals surface area contributed by atoms with Crippen molar-refractivity contribution >= 4 is 57.0 Å². The average Bonchev–Trinajstić information content (AvgIpc) is 2.58. The number of amides is 2. The molecule has 0 saturated heterocycles. The third-order valence-corrected chi connectivity index (χ3v) is 4.22. The summed E-state index contributed by atoms with van der Waals surface area (Å²) in [4.78, 5) is 23.4. The minimum absolute atomic E-state index is 0.158. The van der Waals surface area contributed by atoms with Crippen molar-refractivity contribution in [2.75, 3.05) is 22.6 Å². The van der Waals surface area contributed by atoms with Gasteiger partial charge in [-0.25, -0.2) is 0 Å². The van der Waals surface area contributed by atoms with Crippen LogP contribution in [0.25, 0.3) is 0 Å². The molecule has 1 aromatic carbocycles. The van der Waals surface area contributed by atoms with E-state index in [2.05, 4.69) is 10.6 Å². The van der Waals surface area contributed by atoms with Crippen LogP contribution in [0.5, 0.6) is 11.5 Å². The zero-order valence-corrected chi connectivity index (χ0v) is 17.3. The van der Waals surface area contributed by atoms with E-state index in [4.69, 9.17) is 9.47 Å². The molecule has 23 heavy (non-hydrogen) atoms. The summed E-state index contributed by atoms with van der Waals surface area (Å²) in [7, 11) is 1.56. The normalized spacial score (nSPS) is 10.3. The molecule has 0 atom stereocenters. The molecule has 0 aliphatic rings. The monoisotopic (exact) mass is 546 g/mol. The third-order valence-electron chi connectivity index (χ3n) is 2.84. The number of halogens is 2. The molecule has 2 N–H and O–H groups in total. The lowest BCUT2D eigenvalue weighted by Gasteiger charge is -2.21. The Hall–Kier alpha value is -0.780. The van der Waals surface area contributed by atoms with Crippen LogP contribution in [0.3, 0.4) is 0 Å². The first-order chi connectivity index (χ1) is 11.0. The molecule has 0 spiro atoms. The number of carbonyl (C=O) groups is 2. The summed E-state index contributed by atoms with van der Waals surface area (Å²) in [6.45, 7) is 2.62. The lowest BCUT2D eigenvalue weighted by atomic mass is 10.1. The Balaban J connectivity index is 3.03. The molecule has 128 valence electrons. The average molecular weight is 546 g/mol. The summed E-state index contributed by atoms with van der Waals surface area (Å²) < 4.78 is 11.6. The van der Waals surface area contributed by atoms with Crippen LogP contribution in [0.4, 0.5) is 0 Å². The van der Waals surface area contributed by atoms with E-state index in [1.807, 2.05) is 52.1 Å². The fourth-order valence-corrected chi connectivity index (χ4v) is 2.24. The summed E-state index contributed by atoms with van der Waals surface area (Å²) in [5, 5.41) is 5.57. The van der Waals surface area contributed by atoms with Gasteiger partial charge in [0.05, 0.1) is 22.6 Å². The van der Waals surface area contributed by atoms with E-state index in [0.717, 1.165) is 12.0 Å². The number of rotatable bonds is 9. The van der Waals surface area contributed by atoms with Crippen molar-refractivity contribution in [2.24, 2.45) is 0 Å². The fourth-order valence-electron chi connectivity index (χ4n) is 1.80. The van der Waals surface area contributed by atoms with Gasteiger partial charge in [-0.2, -0.15) is 0 Å².